The molecule has 2 aromatic carbocycles. The van der Waals surface area contributed by atoms with Gasteiger partial charge in [-0.05, 0) is 36.4 Å². The van der Waals surface area contributed by atoms with Gasteiger partial charge in [0.25, 0.3) is 5.91 Å². The Morgan fingerprint density at radius 2 is 1.80 bits per heavy atom. The molecule has 0 atom stereocenters. The first-order valence-corrected chi connectivity index (χ1v) is 7.43. The highest BCUT2D eigenvalue weighted by molar-refractivity contribution is 9.10. The minimum Gasteiger partial charge on any atom is -0.321 e. The Morgan fingerprint density at radius 1 is 1.15 bits per heavy atom. The Kier molecular flexibility index (Phi) is 4.81. The molecule has 0 aliphatic heterocycles. The van der Waals surface area contributed by atoms with Crippen LogP contribution in [0.5, 0.6) is 0 Å². The molecule has 0 spiro atoms. The largest absolute Gasteiger partial charge is 0.321 e. The molecule has 1 amide bonds. The van der Waals surface area contributed by atoms with Gasteiger partial charge in [-0.3, -0.25) is 4.79 Å². The van der Waals surface area contributed by atoms with Gasteiger partial charge in [-0.2, -0.15) is 5.26 Å². The number of hydrogen-bond acceptors (Lipinski definition) is 2. The predicted octanol–water partition coefficient (Wildman–Crippen LogP) is 4.99. The topological polar surface area (TPSA) is 52.9 Å². The zero-order valence-electron chi connectivity index (χ0n) is 9.95. The third kappa shape index (κ3) is 3.40. The molecule has 0 heterocycles. The molecule has 0 aliphatic rings. The zero-order chi connectivity index (χ0) is 14.7. The Balaban J connectivity index is 2.31. The van der Waals surface area contributed by atoms with Gasteiger partial charge in [0.2, 0.25) is 0 Å². The Bertz CT molecular complexity index is 726. The lowest BCUT2D eigenvalue weighted by Crippen LogP contribution is -2.13. The van der Waals surface area contributed by atoms with Crippen LogP contribution >= 0.6 is 43.5 Å². The summed E-state index contributed by atoms with van der Waals surface area (Å²) in [5, 5.41) is 12.1. The molecule has 2 aromatic rings. The van der Waals surface area contributed by atoms with Gasteiger partial charge in [0.1, 0.15) is 6.07 Å². The fraction of sp³-hybridized carbons (Fsp3) is 0. The molecule has 3 nitrogen and oxygen atoms in total. The van der Waals surface area contributed by atoms with Gasteiger partial charge < -0.3 is 5.32 Å². The quantitative estimate of drug-likeness (QED) is 0.753. The first-order valence-electron chi connectivity index (χ1n) is 5.47. The summed E-state index contributed by atoms with van der Waals surface area (Å²) in [6.07, 6.45) is 0. The van der Waals surface area contributed by atoms with Crippen LogP contribution in [0.4, 0.5) is 5.69 Å². The minimum absolute atomic E-state index is 0.340. The molecule has 20 heavy (non-hydrogen) atoms. The maximum absolute atomic E-state index is 12.2. The van der Waals surface area contributed by atoms with Crippen molar-refractivity contribution < 1.29 is 4.79 Å². The molecule has 0 saturated heterocycles. The van der Waals surface area contributed by atoms with E-state index in [4.69, 9.17) is 16.9 Å². The molecular formula is C14H7Br2ClN2O. The molecule has 0 fully saturated rings. The van der Waals surface area contributed by atoms with E-state index in [9.17, 15) is 4.79 Å². The van der Waals surface area contributed by atoms with Crippen LogP contribution in [0.25, 0.3) is 0 Å². The molecule has 6 heteroatoms. The normalized spacial score (nSPS) is 9.90. The highest BCUT2D eigenvalue weighted by Gasteiger charge is 2.13. The van der Waals surface area contributed by atoms with Crippen molar-refractivity contribution in [2.75, 3.05) is 5.32 Å². The molecule has 0 saturated carbocycles. The highest BCUT2D eigenvalue weighted by atomic mass is 79.9. The van der Waals surface area contributed by atoms with Crippen LogP contribution in [-0.2, 0) is 0 Å². The van der Waals surface area contributed by atoms with Crippen LogP contribution in [0.15, 0.2) is 45.3 Å². The number of anilines is 1. The average molecular weight is 414 g/mol. The van der Waals surface area contributed by atoms with Gasteiger partial charge in [0.15, 0.2) is 0 Å². The molecule has 0 bridgehead atoms. The van der Waals surface area contributed by atoms with Gasteiger partial charge in [0.05, 0.1) is 21.8 Å². The number of benzene rings is 2. The third-order valence-corrected chi connectivity index (χ3v) is 3.83. The number of hydrogen-bond donors (Lipinski definition) is 1. The van der Waals surface area contributed by atoms with Crippen LogP contribution in [0.2, 0.25) is 5.02 Å². The van der Waals surface area contributed by atoms with Crippen LogP contribution in [0.3, 0.4) is 0 Å². The molecule has 100 valence electrons. The van der Waals surface area contributed by atoms with E-state index in [1.807, 2.05) is 6.07 Å². The van der Waals surface area contributed by atoms with Gasteiger partial charge in [0, 0.05) is 8.95 Å². The number of carbonyl (C=O) groups excluding carboxylic acids is 1. The number of halogens is 3. The molecular weight excluding hydrogens is 407 g/mol. The summed E-state index contributed by atoms with van der Waals surface area (Å²) in [5.74, 6) is -0.360. The average Bonchev–Trinajstić information content (AvgIpc) is 2.40. The predicted molar refractivity (Wildman–Crippen MR) is 86.0 cm³/mol. The highest BCUT2D eigenvalue weighted by Crippen LogP contribution is 2.24. The van der Waals surface area contributed by atoms with Gasteiger partial charge in [-0.15, -0.1) is 0 Å². The summed E-state index contributed by atoms with van der Waals surface area (Å²) < 4.78 is 1.56. The third-order valence-electron chi connectivity index (χ3n) is 2.53. The number of amides is 1. The van der Waals surface area contributed by atoms with Crippen molar-refractivity contribution in [3.63, 3.8) is 0 Å². The van der Waals surface area contributed by atoms with E-state index in [2.05, 4.69) is 37.2 Å². The van der Waals surface area contributed by atoms with Crippen molar-refractivity contribution in [3.05, 3.63) is 61.5 Å². The summed E-state index contributed by atoms with van der Waals surface area (Å²) in [7, 11) is 0. The van der Waals surface area contributed by atoms with Crippen molar-refractivity contribution >= 4 is 55.1 Å². The van der Waals surface area contributed by atoms with Crippen molar-refractivity contribution in [1.82, 2.24) is 0 Å². The second kappa shape index (κ2) is 6.40. The second-order valence-electron chi connectivity index (χ2n) is 3.88. The maximum atomic E-state index is 12.2. The van der Waals surface area contributed by atoms with E-state index in [0.29, 0.717) is 21.8 Å². The Morgan fingerprint density at radius 3 is 2.45 bits per heavy atom. The zero-order valence-corrected chi connectivity index (χ0v) is 13.9. The van der Waals surface area contributed by atoms with E-state index in [0.717, 1.165) is 8.95 Å². The van der Waals surface area contributed by atoms with Crippen LogP contribution in [-0.4, -0.2) is 5.91 Å². The Hall–Kier alpha value is -1.35. The summed E-state index contributed by atoms with van der Waals surface area (Å²) in [4.78, 5) is 12.2. The lowest BCUT2D eigenvalue weighted by Gasteiger charge is -2.09. The fourth-order valence-electron chi connectivity index (χ4n) is 1.58. The summed E-state index contributed by atoms with van der Waals surface area (Å²) in [5.41, 5.74) is 1.17. The number of nitriles is 1. The molecule has 0 unspecified atom stereocenters. The van der Waals surface area contributed by atoms with Gasteiger partial charge >= 0.3 is 0 Å². The Labute approximate surface area is 137 Å². The SMILES string of the molecule is N#Cc1cc(Br)ccc1NC(=O)c1ccc(Br)cc1Cl. The van der Waals surface area contributed by atoms with Crippen LogP contribution in [0.1, 0.15) is 15.9 Å². The molecule has 0 radical (unpaired) electrons. The van der Waals surface area contributed by atoms with Gasteiger partial charge in [-0.1, -0.05) is 43.5 Å². The van der Waals surface area contributed by atoms with E-state index in [-0.39, 0.29) is 5.91 Å². The van der Waals surface area contributed by atoms with E-state index >= 15 is 0 Å². The summed E-state index contributed by atoms with van der Waals surface area (Å²) in [6.45, 7) is 0. The first kappa shape index (κ1) is 15.0. The standard InChI is InChI=1S/C14H7Br2ClN2O/c15-9-2-4-13(8(5-9)7-18)19-14(20)11-3-1-10(16)6-12(11)17/h1-6H,(H,19,20). The number of nitrogens with one attached hydrogen (secondary N) is 1. The first-order chi connectivity index (χ1) is 9.51. The van der Waals surface area contributed by atoms with Crippen molar-refractivity contribution in [2.24, 2.45) is 0 Å². The lowest BCUT2D eigenvalue weighted by atomic mass is 10.1. The van der Waals surface area contributed by atoms with Crippen molar-refractivity contribution in [2.45, 2.75) is 0 Å². The van der Waals surface area contributed by atoms with Crippen molar-refractivity contribution in [1.29, 1.82) is 5.26 Å². The summed E-state index contributed by atoms with van der Waals surface area (Å²) >= 11 is 12.6. The van der Waals surface area contributed by atoms with Crippen LogP contribution < -0.4 is 5.32 Å². The molecule has 0 aromatic heterocycles. The van der Waals surface area contributed by atoms with E-state index < -0.39 is 0 Å². The number of rotatable bonds is 2. The maximum Gasteiger partial charge on any atom is 0.257 e. The molecule has 2 rings (SSSR count). The monoisotopic (exact) mass is 412 g/mol. The van der Waals surface area contributed by atoms with E-state index in [1.54, 1.807) is 36.4 Å². The minimum atomic E-state index is -0.360. The fourth-order valence-corrected chi connectivity index (χ4v) is 2.70. The van der Waals surface area contributed by atoms with E-state index in [1.165, 1.54) is 0 Å². The second-order valence-corrected chi connectivity index (χ2v) is 6.12. The number of carbonyl (C=O) groups is 1. The summed E-state index contributed by atoms with van der Waals surface area (Å²) in [6, 6.07) is 12.1. The number of nitrogens with zero attached hydrogens (tertiary/aromatic N) is 1. The molecule has 0 aliphatic carbocycles. The smallest absolute Gasteiger partial charge is 0.257 e. The van der Waals surface area contributed by atoms with Gasteiger partial charge in [-0.25, -0.2) is 0 Å². The van der Waals surface area contributed by atoms with Crippen LogP contribution in [0, 0.1) is 11.3 Å². The lowest BCUT2D eigenvalue weighted by molar-refractivity contribution is 0.102. The van der Waals surface area contributed by atoms with Crippen molar-refractivity contribution in [3.8, 4) is 6.07 Å². The molecule has 1 N–H and O–H groups in total.